The smallest absolute Gasteiger partial charge is 0.291 e. The number of hydrogen-bond acceptors (Lipinski definition) is 6. The molecule has 9 heteroatoms. The van der Waals surface area contributed by atoms with Crippen LogP contribution in [0.3, 0.4) is 0 Å². The monoisotopic (exact) mass is 479 g/mol. The minimum absolute atomic E-state index is 0.218. The number of furan rings is 1. The number of hydrogen-bond donors (Lipinski definition) is 2. The number of carbonyl (C=O) groups is 2. The molecule has 2 N–H and O–H groups in total. The molecule has 2 aromatic carbocycles. The molecule has 3 aromatic rings. The van der Waals surface area contributed by atoms with E-state index in [9.17, 15) is 9.59 Å². The van der Waals surface area contributed by atoms with Crippen molar-refractivity contribution in [3.8, 4) is 11.5 Å². The van der Waals surface area contributed by atoms with Gasteiger partial charge in [0, 0.05) is 39.9 Å². The molecule has 2 aliphatic rings. The maximum atomic E-state index is 13.0. The van der Waals surface area contributed by atoms with Crippen molar-refractivity contribution >= 4 is 34.8 Å². The molecule has 0 fully saturated rings. The number of rotatable bonds is 4. The number of anilines is 1. The predicted octanol–water partition coefficient (Wildman–Crippen LogP) is 4.74. The molecule has 34 heavy (non-hydrogen) atoms. The topological polar surface area (TPSA) is 102 Å². The summed E-state index contributed by atoms with van der Waals surface area (Å²) in [6.45, 7) is 2.78. The quantitative estimate of drug-likeness (QED) is 0.526. The van der Waals surface area contributed by atoms with Crippen molar-refractivity contribution in [3.05, 3.63) is 75.7 Å². The number of carbonyl (C=O) groups excluding carboxylic acids is 2. The molecule has 0 saturated heterocycles. The van der Waals surface area contributed by atoms with E-state index in [1.807, 2.05) is 6.92 Å². The predicted molar refractivity (Wildman–Crippen MR) is 127 cm³/mol. The van der Waals surface area contributed by atoms with Crippen LogP contribution in [0.25, 0.3) is 0 Å². The molecular weight excluding hydrogens is 458 g/mol. The molecular formula is C25H22ClN3O5. The fourth-order valence-electron chi connectivity index (χ4n) is 4.12. The minimum Gasteiger partial charge on any atom is -0.486 e. The fraction of sp³-hybridized carbons (Fsp3) is 0.240. The summed E-state index contributed by atoms with van der Waals surface area (Å²) in [5, 5.41) is 7.68. The third-order valence-electron chi connectivity index (χ3n) is 5.71. The van der Waals surface area contributed by atoms with Gasteiger partial charge in [0.25, 0.3) is 11.8 Å². The van der Waals surface area contributed by atoms with Crippen LogP contribution < -0.4 is 20.2 Å². The molecule has 1 aromatic heterocycles. The first kappa shape index (κ1) is 22.0. The van der Waals surface area contributed by atoms with Gasteiger partial charge < -0.3 is 19.2 Å². The number of hydrazone groups is 1. The molecule has 8 nitrogen and oxygen atoms in total. The molecule has 0 spiro atoms. The second-order valence-corrected chi connectivity index (χ2v) is 8.47. The molecule has 0 bridgehead atoms. The maximum Gasteiger partial charge on any atom is 0.291 e. The SMILES string of the molecule is Cc1c(C(=O)Nc2ccc3c(c2)OCCO3)oc2c1/C(=N/NC(=O)c1cccc(Cl)c1)CCC2. The Labute approximate surface area is 200 Å². The van der Waals surface area contributed by atoms with E-state index in [2.05, 4.69) is 15.8 Å². The molecule has 0 unspecified atom stereocenters. The summed E-state index contributed by atoms with van der Waals surface area (Å²) in [5.74, 6) is 1.41. The van der Waals surface area contributed by atoms with Crippen LogP contribution in [0.1, 0.15) is 50.6 Å². The molecule has 1 aliphatic heterocycles. The number of benzene rings is 2. The molecule has 1 aliphatic carbocycles. The van der Waals surface area contributed by atoms with Crippen LogP contribution in [0.4, 0.5) is 5.69 Å². The van der Waals surface area contributed by atoms with Crippen LogP contribution in [0.5, 0.6) is 11.5 Å². The van der Waals surface area contributed by atoms with Gasteiger partial charge >= 0.3 is 0 Å². The van der Waals surface area contributed by atoms with E-state index >= 15 is 0 Å². The molecule has 0 saturated carbocycles. The Kier molecular flexibility index (Phi) is 5.98. The van der Waals surface area contributed by atoms with E-state index < -0.39 is 0 Å². The maximum absolute atomic E-state index is 13.0. The normalized spacial score (nSPS) is 15.5. The minimum atomic E-state index is -0.370. The number of nitrogens with zero attached hydrogens (tertiary/aromatic N) is 1. The Balaban J connectivity index is 1.36. The summed E-state index contributed by atoms with van der Waals surface area (Å²) in [6.07, 6.45) is 2.15. The average Bonchev–Trinajstić information content (AvgIpc) is 3.19. The molecule has 2 heterocycles. The van der Waals surface area contributed by atoms with Gasteiger partial charge in [-0.25, -0.2) is 5.43 Å². The first-order valence-electron chi connectivity index (χ1n) is 11.0. The van der Waals surface area contributed by atoms with E-state index in [4.69, 9.17) is 25.5 Å². The van der Waals surface area contributed by atoms with Crippen molar-refractivity contribution in [1.82, 2.24) is 5.43 Å². The lowest BCUT2D eigenvalue weighted by molar-refractivity contribution is 0.0953. The second kappa shape index (κ2) is 9.23. The lowest BCUT2D eigenvalue weighted by Crippen LogP contribution is -2.22. The highest BCUT2D eigenvalue weighted by atomic mass is 35.5. The highest BCUT2D eigenvalue weighted by Gasteiger charge is 2.28. The highest BCUT2D eigenvalue weighted by molar-refractivity contribution is 6.31. The summed E-state index contributed by atoms with van der Waals surface area (Å²) < 4.78 is 17.0. The molecule has 174 valence electrons. The van der Waals surface area contributed by atoms with Gasteiger partial charge in [0.2, 0.25) is 0 Å². The van der Waals surface area contributed by atoms with Gasteiger partial charge in [0.15, 0.2) is 17.3 Å². The Morgan fingerprint density at radius 2 is 1.82 bits per heavy atom. The standard InChI is InChI=1S/C25H22ClN3O5/c1-14-22-18(28-29-24(30)15-4-2-5-16(26)12-15)6-3-7-20(22)34-23(14)25(31)27-17-8-9-19-21(13-17)33-11-10-32-19/h2,4-5,8-9,12-13H,3,6-7,10-11H2,1H3,(H,27,31)(H,29,30)/b28-18+. The Morgan fingerprint density at radius 3 is 2.65 bits per heavy atom. The number of amides is 2. The number of nitrogens with one attached hydrogen (secondary N) is 2. The largest absolute Gasteiger partial charge is 0.486 e. The molecule has 0 radical (unpaired) electrons. The van der Waals surface area contributed by atoms with E-state index in [0.29, 0.717) is 70.9 Å². The average molecular weight is 480 g/mol. The summed E-state index contributed by atoms with van der Waals surface area (Å²) in [6, 6.07) is 11.9. The van der Waals surface area contributed by atoms with Crippen LogP contribution in [-0.4, -0.2) is 30.7 Å². The van der Waals surface area contributed by atoms with E-state index in [1.165, 1.54) is 0 Å². The number of fused-ring (bicyclic) bond motifs is 2. The van der Waals surface area contributed by atoms with Crippen LogP contribution >= 0.6 is 11.6 Å². The molecule has 2 amide bonds. The van der Waals surface area contributed by atoms with Crippen LogP contribution in [0.2, 0.25) is 5.02 Å². The zero-order valence-electron chi connectivity index (χ0n) is 18.4. The third-order valence-corrected chi connectivity index (χ3v) is 5.95. The summed E-state index contributed by atoms with van der Waals surface area (Å²) in [5.41, 5.74) is 5.71. The molecule has 0 atom stereocenters. The Morgan fingerprint density at radius 1 is 1.00 bits per heavy atom. The summed E-state index contributed by atoms with van der Waals surface area (Å²) >= 11 is 5.97. The van der Waals surface area contributed by atoms with Crippen LogP contribution in [0.15, 0.2) is 52.0 Å². The first-order chi connectivity index (χ1) is 16.5. The second-order valence-electron chi connectivity index (χ2n) is 8.03. The van der Waals surface area contributed by atoms with Gasteiger partial charge in [-0.15, -0.1) is 0 Å². The zero-order valence-corrected chi connectivity index (χ0v) is 19.2. The van der Waals surface area contributed by atoms with Crippen LogP contribution in [0, 0.1) is 6.92 Å². The van der Waals surface area contributed by atoms with Gasteiger partial charge in [0.05, 0.1) is 5.71 Å². The summed E-state index contributed by atoms with van der Waals surface area (Å²) in [7, 11) is 0. The highest BCUT2D eigenvalue weighted by Crippen LogP contribution is 2.34. The Bertz CT molecular complexity index is 1310. The molecule has 5 rings (SSSR count). The first-order valence-corrected chi connectivity index (χ1v) is 11.3. The van der Waals surface area contributed by atoms with Crippen molar-refractivity contribution in [2.24, 2.45) is 5.10 Å². The van der Waals surface area contributed by atoms with Crippen molar-refractivity contribution < 1.29 is 23.5 Å². The van der Waals surface area contributed by atoms with E-state index in [1.54, 1.807) is 42.5 Å². The van der Waals surface area contributed by atoms with Gasteiger partial charge in [-0.05, 0) is 50.1 Å². The van der Waals surface area contributed by atoms with E-state index in [-0.39, 0.29) is 17.6 Å². The van der Waals surface area contributed by atoms with Crippen molar-refractivity contribution in [2.45, 2.75) is 26.2 Å². The number of aryl methyl sites for hydroxylation is 1. The van der Waals surface area contributed by atoms with Gasteiger partial charge in [-0.3, -0.25) is 9.59 Å². The van der Waals surface area contributed by atoms with Gasteiger partial charge in [-0.2, -0.15) is 5.10 Å². The van der Waals surface area contributed by atoms with Gasteiger partial charge in [-0.1, -0.05) is 17.7 Å². The van der Waals surface area contributed by atoms with Crippen LogP contribution in [-0.2, 0) is 6.42 Å². The van der Waals surface area contributed by atoms with Gasteiger partial charge in [0.1, 0.15) is 19.0 Å². The summed E-state index contributed by atoms with van der Waals surface area (Å²) in [4.78, 5) is 25.5. The number of ether oxygens (including phenoxy) is 2. The third kappa shape index (κ3) is 4.36. The van der Waals surface area contributed by atoms with Crippen molar-refractivity contribution in [1.29, 1.82) is 0 Å². The van der Waals surface area contributed by atoms with Crippen molar-refractivity contribution in [3.63, 3.8) is 0 Å². The number of halogens is 1. The van der Waals surface area contributed by atoms with Crippen molar-refractivity contribution in [2.75, 3.05) is 18.5 Å². The zero-order chi connectivity index (χ0) is 23.7. The lowest BCUT2D eigenvalue weighted by atomic mass is 9.93. The Hall–Kier alpha value is -3.78. The van der Waals surface area contributed by atoms with E-state index in [0.717, 1.165) is 12.0 Å². The fourth-order valence-corrected chi connectivity index (χ4v) is 4.31. The lowest BCUT2D eigenvalue weighted by Gasteiger charge is -2.18.